The minimum atomic E-state index is -5.71. The van der Waals surface area contributed by atoms with Crippen LogP contribution in [-0.4, -0.2) is 20.2 Å². The highest BCUT2D eigenvalue weighted by Crippen LogP contribution is 2.33. The van der Waals surface area contributed by atoms with Gasteiger partial charge in [0.1, 0.15) is 12.0 Å². The summed E-state index contributed by atoms with van der Waals surface area (Å²) in [6.07, 6.45) is 3.45. The summed E-state index contributed by atoms with van der Waals surface area (Å²) < 4.78 is 63.7. The van der Waals surface area contributed by atoms with Gasteiger partial charge >= 0.3 is 15.6 Å². The highest BCUT2D eigenvalue weighted by Gasteiger charge is 2.49. The number of rotatable bonds is 3. The van der Waals surface area contributed by atoms with Crippen LogP contribution in [0.15, 0.2) is 24.3 Å². The molecule has 0 aromatic heterocycles. The molecule has 0 heterocycles. The lowest BCUT2D eigenvalue weighted by atomic mass is 10.0. The zero-order valence-corrected chi connectivity index (χ0v) is 11.5. The molecule has 1 aliphatic carbocycles. The molecule has 0 saturated heterocycles. The molecule has 1 aliphatic rings. The number of aldehydes is 1. The van der Waals surface area contributed by atoms with Gasteiger partial charge in [0.05, 0.1) is 0 Å². The molecular formula is C13H11F3O4S. The van der Waals surface area contributed by atoms with Crippen molar-refractivity contribution in [3.8, 4) is 0 Å². The molecule has 4 nitrogen and oxygen atoms in total. The molecular weight excluding hydrogens is 309 g/mol. The van der Waals surface area contributed by atoms with E-state index in [4.69, 9.17) is 0 Å². The smallest absolute Gasteiger partial charge is 0.376 e. The van der Waals surface area contributed by atoms with Crippen LogP contribution in [0.25, 0.3) is 5.76 Å². The summed E-state index contributed by atoms with van der Waals surface area (Å²) in [5.41, 5.74) is -4.27. The average Bonchev–Trinajstić information content (AvgIpc) is 2.59. The number of fused-ring (bicyclic) bond motifs is 1. The molecule has 8 heteroatoms. The summed E-state index contributed by atoms with van der Waals surface area (Å²) in [5, 5.41) is 0. The topological polar surface area (TPSA) is 60.4 Å². The molecule has 0 aliphatic heterocycles. The third kappa shape index (κ3) is 3.26. The fraction of sp³-hybridized carbons (Fsp3) is 0.308. The summed E-state index contributed by atoms with van der Waals surface area (Å²) >= 11 is 0. The van der Waals surface area contributed by atoms with Gasteiger partial charge in [0.15, 0.2) is 0 Å². The molecule has 0 saturated carbocycles. The summed E-state index contributed by atoms with van der Waals surface area (Å²) in [7, 11) is -5.71. The largest absolute Gasteiger partial charge is 0.534 e. The highest BCUT2D eigenvalue weighted by molar-refractivity contribution is 7.87. The van der Waals surface area contributed by atoms with Crippen molar-refractivity contribution in [2.45, 2.75) is 24.8 Å². The highest BCUT2D eigenvalue weighted by atomic mass is 32.2. The molecule has 21 heavy (non-hydrogen) atoms. The van der Waals surface area contributed by atoms with Gasteiger partial charge in [-0.1, -0.05) is 12.1 Å². The second-order valence-corrected chi connectivity index (χ2v) is 6.02. The third-order valence-corrected chi connectivity index (χ3v) is 3.96. The van der Waals surface area contributed by atoms with Gasteiger partial charge in [0.2, 0.25) is 0 Å². The first kappa shape index (κ1) is 15.6. The second-order valence-electron chi connectivity index (χ2n) is 4.48. The van der Waals surface area contributed by atoms with Crippen molar-refractivity contribution >= 4 is 22.2 Å². The lowest BCUT2D eigenvalue weighted by Gasteiger charge is -2.14. The molecule has 0 unspecified atom stereocenters. The first-order valence-corrected chi connectivity index (χ1v) is 7.45. The van der Waals surface area contributed by atoms with Gasteiger partial charge in [-0.05, 0) is 37.0 Å². The summed E-state index contributed by atoms with van der Waals surface area (Å²) in [6, 6.07) is 4.31. The quantitative estimate of drug-likeness (QED) is 0.488. The number of hydrogen-bond acceptors (Lipinski definition) is 4. The normalized spacial score (nSPS) is 15.7. The standard InChI is InChI=1S/C13H11F3O4S/c14-13(15,16)21(18,19)20-12-4-2-1-3-10-7-9(8-17)5-6-11(10)12/h4-8H,1-3H2. The Hall–Kier alpha value is -1.83. The molecule has 0 amide bonds. The molecule has 2 rings (SSSR count). The molecule has 0 spiro atoms. The molecule has 0 N–H and O–H groups in total. The molecule has 1 aromatic rings. The predicted molar refractivity (Wildman–Crippen MR) is 68.8 cm³/mol. The Bertz CT molecular complexity index is 690. The third-order valence-electron chi connectivity index (χ3n) is 2.99. The van der Waals surface area contributed by atoms with Crippen molar-refractivity contribution in [3.05, 3.63) is 41.0 Å². The fourth-order valence-electron chi connectivity index (χ4n) is 2.01. The van der Waals surface area contributed by atoms with Gasteiger partial charge in [0, 0.05) is 11.1 Å². The van der Waals surface area contributed by atoms with Crippen molar-refractivity contribution < 1.29 is 30.6 Å². The summed E-state index contributed by atoms with van der Waals surface area (Å²) in [5.74, 6) is -0.350. The Morgan fingerprint density at radius 1 is 1.24 bits per heavy atom. The average molecular weight is 320 g/mol. The Balaban J connectivity index is 2.43. The monoisotopic (exact) mass is 320 g/mol. The number of alkyl halides is 3. The Kier molecular flexibility index (Phi) is 4.08. The van der Waals surface area contributed by atoms with Crippen LogP contribution in [0.2, 0.25) is 0 Å². The number of hydrogen-bond donors (Lipinski definition) is 0. The number of allylic oxidation sites excluding steroid dienone is 1. The van der Waals surface area contributed by atoms with E-state index in [1.54, 1.807) is 0 Å². The zero-order valence-electron chi connectivity index (χ0n) is 10.7. The Morgan fingerprint density at radius 3 is 2.57 bits per heavy atom. The van der Waals surface area contributed by atoms with E-state index in [0.717, 1.165) is 0 Å². The van der Waals surface area contributed by atoms with Crippen LogP contribution >= 0.6 is 0 Å². The van der Waals surface area contributed by atoms with Crippen LogP contribution < -0.4 is 0 Å². The molecule has 114 valence electrons. The Labute approximate surface area is 119 Å². The molecule has 0 atom stereocenters. The lowest BCUT2D eigenvalue weighted by molar-refractivity contribution is -0.0509. The van der Waals surface area contributed by atoms with E-state index < -0.39 is 15.6 Å². The van der Waals surface area contributed by atoms with Gasteiger partial charge in [0.25, 0.3) is 0 Å². The van der Waals surface area contributed by atoms with E-state index in [-0.39, 0.29) is 11.3 Å². The van der Waals surface area contributed by atoms with E-state index in [2.05, 4.69) is 4.18 Å². The lowest BCUT2D eigenvalue weighted by Crippen LogP contribution is -2.25. The zero-order chi connectivity index (χ0) is 15.7. The van der Waals surface area contributed by atoms with E-state index in [1.807, 2.05) is 0 Å². The maximum atomic E-state index is 12.4. The van der Waals surface area contributed by atoms with Crippen molar-refractivity contribution in [1.82, 2.24) is 0 Å². The fourth-order valence-corrected chi connectivity index (χ4v) is 2.50. The van der Waals surface area contributed by atoms with E-state index in [0.29, 0.717) is 36.7 Å². The van der Waals surface area contributed by atoms with Gasteiger partial charge in [-0.3, -0.25) is 4.79 Å². The van der Waals surface area contributed by atoms with Crippen LogP contribution in [0, 0.1) is 0 Å². The van der Waals surface area contributed by atoms with Crippen LogP contribution in [0.5, 0.6) is 0 Å². The molecule has 0 bridgehead atoms. The van der Waals surface area contributed by atoms with Crippen LogP contribution in [-0.2, 0) is 20.7 Å². The predicted octanol–water partition coefficient (Wildman–Crippen LogP) is 3.04. The number of carbonyl (C=O) groups excluding carboxylic acids is 1. The van der Waals surface area contributed by atoms with E-state index in [9.17, 15) is 26.4 Å². The van der Waals surface area contributed by atoms with E-state index >= 15 is 0 Å². The van der Waals surface area contributed by atoms with Crippen molar-refractivity contribution in [2.24, 2.45) is 0 Å². The molecule has 0 fully saturated rings. The minimum absolute atomic E-state index is 0.255. The number of halogens is 3. The van der Waals surface area contributed by atoms with Crippen LogP contribution in [0.3, 0.4) is 0 Å². The van der Waals surface area contributed by atoms with Crippen LogP contribution in [0.4, 0.5) is 13.2 Å². The van der Waals surface area contributed by atoms with Crippen molar-refractivity contribution in [3.63, 3.8) is 0 Å². The number of benzene rings is 1. The first-order valence-electron chi connectivity index (χ1n) is 6.04. The van der Waals surface area contributed by atoms with Gasteiger partial charge in [-0.15, -0.1) is 0 Å². The van der Waals surface area contributed by atoms with Crippen molar-refractivity contribution in [1.29, 1.82) is 0 Å². The molecule has 1 aromatic carbocycles. The van der Waals surface area contributed by atoms with Gasteiger partial charge in [-0.25, -0.2) is 0 Å². The first-order chi connectivity index (χ1) is 9.74. The van der Waals surface area contributed by atoms with Crippen molar-refractivity contribution in [2.75, 3.05) is 0 Å². The molecule has 0 radical (unpaired) electrons. The summed E-state index contributed by atoms with van der Waals surface area (Å²) in [4.78, 5) is 10.7. The maximum Gasteiger partial charge on any atom is 0.534 e. The Morgan fingerprint density at radius 2 is 1.95 bits per heavy atom. The van der Waals surface area contributed by atoms with Crippen LogP contribution in [0.1, 0.15) is 34.3 Å². The minimum Gasteiger partial charge on any atom is -0.376 e. The summed E-state index contributed by atoms with van der Waals surface area (Å²) in [6.45, 7) is 0. The van der Waals surface area contributed by atoms with Gasteiger partial charge < -0.3 is 4.18 Å². The maximum absolute atomic E-state index is 12.4. The van der Waals surface area contributed by atoms with Gasteiger partial charge in [-0.2, -0.15) is 21.6 Å². The number of aryl methyl sites for hydroxylation is 1. The SMILES string of the molecule is O=Cc1ccc2c(c1)CCCC=C2OS(=O)(=O)C(F)(F)F. The number of carbonyl (C=O) groups is 1. The van der Waals surface area contributed by atoms with E-state index in [1.165, 1.54) is 24.3 Å². The second kappa shape index (κ2) is 5.51.